The van der Waals surface area contributed by atoms with E-state index >= 15 is 0 Å². The molecule has 36 heavy (non-hydrogen) atoms. The van der Waals surface area contributed by atoms with E-state index in [9.17, 15) is 9.59 Å². The van der Waals surface area contributed by atoms with E-state index in [-0.39, 0.29) is 16.7 Å². The Morgan fingerprint density at radius 2 is 1.92 bits per heavy atom. The smallest absolute Gasteiger partial charge is 0.275 e. The quantitative estimate of drug-likeness (QED) is 0.548. The van der Waals surface area contributed by atoms with Crippen LogP contribution in [0.5, 0.6) is 0 Å². The van der Waals surface area contributed by atoms with E-state index in [1.807, 2.05) is 6.08 Å². The zero-order valence-electron chi connectivity index (χ0n) is 21.2. The van der Waals surface area contributed by atoms with Crippen LogP contribution in [0.15, 0.2) is 41.7 Å². The van der Waals surface area contributed by atoms with Crippen LogP contribution in [0.3, 0.4) is 0 Å². The third-order valence-corrected chi connectivity index (χ3v) is 7.84. The molecule has 1 fully saturated rings. The first-order valence-corrected chi connectivity index (χ1v) is 12.9. The molecule has 3 aromatic heterocycles. The number of hydrogen-bond donors (Lipinski definition) is 1. The van der Waals surface area contributed by atoms with E-state index in [4.69, 9.17) is 0 Å². The van der Waals surface area contributed by atoms with Crippen LogP contribution in [0.25, 0.3) is 17.1 Å². The van der Waals surface area contributed by atoms with E-state index < -0.39 is 11.3 Å². The largest absolute Gasteiger partial charge is 0.351 e. The number of allylic oxidation sites excluding steroid dienone is 2. The highest BCUT2D eigenvalue weighted by atomic mass is 16.2. The Hall–Kier alpha value is -3.55. The van der Waals surface area contributed by atoms with Crippen LogP contribution in [0, 0.1) is 13.8 Å². The standard InChI is InChI=1S/C28H34N6O2/c1-4-21-10-6-5-9-13-30-27(36)25-26(35)24-23(15-29-18-31-24)34(32-25)17-28(11-7-8-12-28)33-16-19(2)22(14-21)20(33)3/h4,14-16,18H,1,5-13,17H2,2-3H3,(H,30,36)/b21-14+. The van der Waals surface area contributed by atoms with Gasteiger partial charge in [-0.05, 0) is 68.7 Å². The average Bonchev–Trinajstić information content (AvgIpc) is 3.46. The molecule has 0 saturated heterocycles. The molecule has 1 N–H and O–H groups in total. The number of amides is 1. The number of aromatic nitrogens is 5. The van der Waals surface area contributed by atoms with Crippen molar-refractivity contribution in [2.75, 3.05) is 6.54 Å². The molecule has 8 heteroatoms. The molecule has 1 saturated carbocycles. The molecule has 1 aliphatic carbocycles. The van der Waals surface area contributed by atoms with Crippen molar-refractivity contribution >= 4 is 23.0 Å². The molecule has 8 nitrogen and oxygen atoms in total. The van der Waals surface area contributed by atoms with Crippen molar-refractivity contribution in [3.8, 4) is 0 Å². The molecule has 1 spiro atoms. The Labute approximate surface area is 211 Å². The molecule has 2 aliphatic rings. The van der Waals surface area contributed by atoms with Crippen LogP contribution in [0.4, 0.5) is 0 Å². The minimum absolute atomic E-state index is 0.102. The molecular weight excluding hydrogens is 452 g/mol. The van der Waals surface area contributed by atoms with Crippen molar-refractivity contribution in [2.24, 2.45) is 0 Å². The maximum Gasteiger partial charge on any atom is 0.275 e. The predicted molar refractivity (Wildman–Crippen MR) is 141 cm³/mol. The Morgan fingerprint density at radius 1 is 1.11 bits per heavy atom. The summed E-state index contributed by atoms with van der Waals surface area (Å²) in [5.74, 6) is -0.444. The minimum Gasteiger partial charge on any atom is -0.351 e. The van der Waals surface area contributed by atoms with Crippen LogP contribution >= 0.6 is 0 Å². The zero-order chi connectivity index (χ0) is 25.3. The van der Waals surface area contributed by atoms with Crippen molar-refractivity contribution in [1.82, 2.24) is 29.6 Å². The lowest BCUT2D eigenvalue weighted by Gasteiger charge is -2.33. The lowest BCUT2D eigenvalue weighted by atomic mass is 9.96. The van der Waals surface area contributed by atoms with Gasteiger partial charge in [0.25, 0.3) is 5.91 Å². The second-order valence-corrected chi connectivity index (χ2v) is 10.2. The van der Waals surface area contributed by atoms with Gasteiger partial charge in [0.05, 0.1) is 18.3 Å². The van der Waals surface area contributed by atoms with Gasteiger partial charge in [-0.3, -0.25) is 14.3 Å². The fraction of sp³-hybridized carbons (Fsp3) is 0.464. The van der Waals surface area contributed by atoms with Crippen LogP contribution in [0.1, 0.15) is 78.7 Å². The van der Waals surface area contributed by atoms with Crippen molar-refractivity contribution in [2.45, 2.75) is 77.3 Å². The van der Waals surface area contributed by atoms with E-state index in [1.54, 1.807) is 10.9 Å². The second kappa shape index (κ2) is 9.84. The molecule has 3 aromatic rings. The molecule has 0 unspecified atom stereocenters. The van der Waals surface area contributed by atoms with E-state index in [0.717, 1.165) is 51.4 Å². The summed E-state index contributed by atoms with van der Waals surface area (Å²) in [5, 5.41) is 7.52. The first-order chi connectivity index (χ1) is 17.4. The molecule has 4 bridgehead atoms. The molecule has 1 amide bonds. The summed E-state index contributed by atoms with van der Waals surface area (Å²) in [6.07, 6.45) is 17.4. The molecular formula is C28H34N6O2. The minimum atomic E-state index is -0.449. The average molecular weight is 487 g/mol. The summed E-state index contributed by atoms with van der Waals surface area (Å²) in [4.78, 5) is 34.6. The SMILES string of the molecule is C=C/C1=C\c2c(C)cn(c2C)C2(CCCC2)Cn2nc(c(=O)c3ncncc32)C(=O)NCCCCC1. The highest BCUT2D eigenvalue weighted by Gasteiger charge is 2.38. The Balaban J connectivity index is 1.71. The number of carbonyl (C=O) groups is 1. The molecule has 0 radical (unpaired) electrons. The summed E-state index contributed by atoms with van der Waals surface area (Å²) in [7, 11) is 0. The van der Waals surface area contributed by atoms with Crippen molar-refractivity contribution in [3.05, 3.63) is 69.7 Å². The third kappa shape index (κ3) is 4.29. The third-order valence-electron chi connectivity index (χ3n) is 7.84. The summed E-state index contributed by atoms with van der Waals surface area (Å²) >= 11 is 0. The predicted octanol–water partition coefficient (Wildman–Crippen LogP) is 4.45. The number of nitrogens with one attached hydrogen (secondary N) is 1. The van der Waals surface area contributed by atoms with Crippen molar-refractivity contribution in [1.29, 1.82) is 0 Å². The van der Waals surface area contributed by atoms with Gasteiger partial charge in [-0.2, -0.15) is 5.10 Å². The summed E-state index contributed by atoms with van der Waals surface area (Å²) in [6, 6.07) is 0. The van der Waals surface area contributed by atoms with Crippen LogP contribution in [-0.2, 0) is 12.1 Å². The van der Waals surface area contributed by atoms with Gasteiger partial charge in [-0.1, -0.05) is 31.9 Å². The topological polar surface area (TPSA) is 94.7 Å². The Bertz CT molecular complexity index is 1410. The number of fused-ring (bicyclic) bond motifs is 7. The van der Waals surface area contributed by atoms with Crippen molar-refractivity contribution in [3.63, 3.8) is 0 Å². The number of aryl methyl sites for hydroxylation is 1. The fourth-order valence-electron chi connectivity index (χ4n) is 5.90. The number of rotatable bonds is 1. The first kappa shape index (κ1) is 24.2. The van der Waals surface area contributed by atoms with E-state index in [1.165, 1.54) is 28.7 Å². The highest BCUT2D eigenvalue weighted by molar-refractivity contribution is 5.94. The number of nitrogens with zero attached hydrogens (tertiary/aromatic N) is 5. The Morgan fingerprint density at radius 3 is 2.69 bits per heavy atom. The molecule has 4 heterocycles. The first-order valence-electron chi connectivity index (χ1n) is 12.9. The van der Waals surface area contributed by atoms with Gasteiger partial charge in [-0.15, -0.1) is 0 Å². The monoisotopic (exact) mass is 486 g/mol. The van der Waals surface area contributed by atoms with Gasteiger partial charge in [0.2, 0.25) is 5.43 Å². The van der Waals surface area contributed by atoms with Gasteiger partial charge >= 0.3 is 0 Å². The zero-order valence-corrected chi connectivity index (χ0v) is 21.2. The molecule has 1 aliphatic heterocycles. The van der Waals surface area contributed by atoms with Crippen LogP contribution in [-0.4, -0.2) is 36.8 Å². The summed E-state index contributed by atoms with van der Waals surface area (Å²) in [6.45, 7) is 9.44. The van der Waals surface area contributed by atoms with Crippen LogP contribution < -0.4 is 10.7 Å². The molecule has 5 rings (SSSR count). The lowest BCUT2D eigenvalue weighted by Crippen LogP contribution is -2.39. The normalized spacial score (nSPS) is 20.1. The maximum atomic E-state index is 13.2. The van der Waals surface area contributed by atoms with Crippen molar-refractivity contribution < 1.29 is 4.79 Å². The number of hydrogen-bond acceptors (Lipinski definition) is 5. The molecule has 188 valence electrons. The molecule has 0 aromatic carbocycles. The van der Waals surface area contributed by atoms with Gasteiger partial charge in [0.15, 0.2) is 5.69 Å². The summed E-state index contributed by atoms with van der Waals surface area (Å²) in [5.41, 5.74) is 4.95. The van der Waals surface area contributed by atoms with Gasteiger partial charge in [-0.25, -0.2) is 9.97 Å². The number of carbonyl (C=O) groups excluding carboxylic acids is 1. The second-order valence-electron chi connectivity index (χ2n) is 10.2. The Kier molecular flexibility index (Phi) is 6.60. The highest BCUT2D eigenvalue weighted by Crippen LogP contribution is 2.41. The lowest BCUT2D eigenvalue weighted by molar-refractivity contribution is 0.0943. The van der Waals surface area contributed by atoms with Gasteiger partial charge in [0, 0.05) is 18.4 Å². The van der Waals surface area contributed by atoms with E-state index in [2.05, 4.69) is 57.6 Å². The van der Waals surface area contributed by atoms with Gasteiger partial charge in [0.1, 0.15) is 17.4 Å². The molecule has 0 atom stereocenters. The van der Waals surface area contributed by atoms with Gasteiger partial charge < -0.3 is 9.88 Å². The fourth-order valence-corrected chi connectivity index (χ4v) is 5.90. The van der Waals surface area contributed by atoms with Crippen LogP contribution in [0.2, 0.25) is 0 Å². The summed E-state index contributed by atoms with van der Waals surface area (Å²) < 4.78 is 4.20. The maximum absolute atomic E-state index is 13.2. The van der Waals surface area contributed by atoms with E-state index in [0.29, 0.717) is 18.6 Å².